The van der Waals surface area contributed by atoms with Gasteiger partial charge in [0.15, 0.2) is 0 Å². The summed E-state index contributed by atoms with van der Waals surface area (Å²) in [5.41, 5.74) is 1.27. The summed E-state index contributed by atoms with van der Waals surface area (Å²) in [6.45, 7) is 4.80. The van der Waals surface area contributed by atoms with Crippen LogP contribution in [-0.4, -0.2) is 17.8 Å². The zero-order chi connectivity index (χ0) is 12.0. The van der Waals surface area contributed by atoms with Crippen molar-refractivity contribution >= 4 is 15.9 Å². The molecule has 2 unspecified atom stereocenters. The minimum atomic E-state index is -0.246. The quantitative estimate of drug-likeness (QED) is 0.841. The van der Waals surface area contributed by atoms with E-state index in [0.717, 1.165) is 17.3 Å². The molecular formula is C13H20BrNO. The van der Waals surface area contributed by atoms with Crippen molar-refractivity contribution in [2.75, 3.05) is 6.54 Å². The lowest BCUT2D eigenvalue weighted by atomic mass is 10.0. The molecule has 0 aromatic heterocycles. The van der Waals surface area contributed by atoms with Crippen molar-refractivity contribution in [3.63, 3.8) is 0 Å². The SMILES string of the molecule is CCC(O)CNC(CC)c1ccc(Br)cc1. The topological polar surface area (TPSA) is 32.3 Å². The number of benzene rings is 1. The van der Waals surface area contributed by atoms with E-state index in [1.54, 1.807) is 0 Å². The molecule has 2 atom stereocenters. The molecule has 0 aliphatic rings. The predicted octanol–water partition coefficient (Wildman–Crippen LogP) is 3.26. The predicted molar refractivity (Wildman–Crippen MR) is 71.5 cm³/mol. The van der Waals surface area contributed by atoms with Crippen molar-refractivity contribution in [1.82, 2.24) is 5.32 Å². The second-order valence-electron chi connectivity index (χ2n) is 3.98. The number of halogens is 1. The molecule has 0 heterocycles. The highest BCUT2D eigenvalue weighted by molar-refractivity contribution is 9.10. The van der Waals surface area contributed by atoms with Gasteiger partial charge in [0.05, 0.1) is 6.10 Å². The van der Waals surface area contributed by atoms with E-state index in [1.165, 1.54) is 5.56 Å². The third-order valence-electron chi connectivity index (χ3n) is 2.75. The van der Waals surface area contributed by atoms with E-state index >= 15 is 0 Å². The van der Waals surface area contributed by atoms with Gasteiger partial charge in [-0.1, -0.05) is 41.9 Å². The summed E-state index contributed by atoms with van der Waals surface area (Å²) in [7, 11) is 0. The van der Waals surface area contributed by atoms with E-state index < -0.39 is 0 Å². The van der Waals surface area contributed by atoms with Crippen LogP contribution in [0, 0.1) is 0 Å². The second kappa shape index (κ2) is 7.05. The third kappa shape index (κ3) is 4.24. The first kappa shape index (κ1) is 13.7. The lowest BCUT2D eigenvalue weighted by Gasteiger charge is -2.19. The van der Waals surface area contributed by atoms with E-state index in [0.29, 0.717) is 12.6 Å². The Labute approximate surface area is 106 Å². The monoisotopic (exact) mass is 285 g/mol. The van der Waals surface area contributed by atoms with Gasteiger partial charge in [0, 0.05) is 17.1 Å². The smallest absolute Gasteiger partial charge is 0.0662 e. The number of rotatable bonds is 6. The molecule has 0 amide bonds. The maximum absolute atomic E-state index is 9.52. The molecule has 0 saturated carbocycles. The molecular weight excluding hydrogens is 266 g/mol. The molecule has 2 N–H and O–H groups in total. The van der Waals surface area contributed by atoms with Gasteiger partial charge in [0.1, 0.15) is 0 Å². The van der Waals surface area contributed by atoms with Gasteiger partial charge in [-0.25, -0.2) is 0 Å². The minimum Gasteiger partial charge on any atom is -0.392 e. The molecule has 1 aromatic carbocycles. The van der Waals surface area contributed by atoms with Crippen LogP contribution >= 0.6 is 15.9 Å². The Bertz CT molecular complexity index is 299. The average Bonchev–Trinajstić information content (AvgIpc) is 2.31. The third-order valence-corrected chi connectivity index (χ3v) is 3.28. The zero-order valence-electron chi connectivity index (χ0n) is 9.91. The first-order valence-electron chi connectivity index (χ1n) is 5.84. The number of nitrogens with one attached hydrogen (secondary N) is 1. The van der Waals surface area contributed by atoms with E-state index in [2.05, 4.69) is 52.4 Å². The summed E-state index contributed by atoms with van der Waals surface area (Å²) < 4.78 is 1.10. The van der Waals surface area contributed by atoms with Gasteiger partial charge < -0.3 is 10.4 Å². The van der Waals surface area contributed by atoms with Crippen LogP contribution in [-0.2, 0) is 0 Å². The summed E-state index contributed by atoms with van der Waals surface area (Å²) in [5.74, 6) is 0. The van der Waals surface area contributed by atoms with E-state index in [9.17, 15) is 5.11 Å². The summed E-state index contributed by atoms with van der Waals surface area (Å²) in [6.07, 6.45) is 1.58. The Morgan fingerprint density at radius 1 is 1.19 bits per heavy atom. The molecule has 1 rings (SSSR count). The molecule has 0 radical (unpaired) electrons. The van der Waals surface area contributed by atoms with E-state index in [1.807, 2.05) is 6.92 Å². The van der Waals surface area contributed by atoms with Crippen LogP contribution in [0.15, 0.2) is 28.7 Å². The molecule has 90 valence electrons. The molecule has 3 heteroatoms. The molecule has 0 fully saturated rings. The molecule has 16 heavy (non-hydrogen) atoms. The minimum absolute atomic E-state index is 0.246. The lowest BCUT2D eigenvalue weighted by molar-refractivity contribution is 0.162. The van der Waals surface area contributed by atoms with Crippen LogP contribution in [0.5, 0.6) is 0 Å². The Hall–Kier alpha value is -0.380. The Morgan fingerprint density at radius 3 is 2.31 bits per heavy atom. The zero-order valence-corrected chi connectivity index (χ0v) is 11.5. The molecule has 0 aliphatic carbocycles. The van der Waals surface area contributed by atoms with Gasteiger partial charge in [0.2, 0.25) is 0 Å². The largest absolute Gasteiger partial charge is 0.392 e. The van der Waals surface area contributed by atoms with Crippen LogP contribution in [0.3, 0.4) is 0 Å². The van der Waals surface area contributed by atoms with Gasteiger partial charge in [-0.3, -0.25) is 0 Å². The number of aliphatic hydroxyl groups excluding tert-OH is 1. The van der Waals surface area contributed by atoms with Crippen molar-refractivity contribution in [2.45, 2.75) is 38.8 Å². The fourth-order valence-corrected chi connectivity index (χ4v) is 1.88. The van der Waals surface area contributed by atoms with E-state index in [-0.39, 0.29) is 6.10 Å². The van der Waals surface area contributed by atoms with Gasteiger partial charge in [-0.15, -0.1) is 0 Å². The average molecular weight is 286 g/mol. The van der Waals surface area contributed by atoms with Crippen molar-refractivity contribution in [3.8, 4) is 0 Å². The standard InChI is InChI=1S/C13H20BrNO/c1-3-12(16)9-15-13(4-2)10-5-7-11(14)8-6-10/h5-8,12-13,15-16H,3-4,9H2,1-2H3. The maximum atomic E-state index is 9.52. The second-order valence-corrected chi connectivity index (χ2v) is 4.90. The van der Waals surface area contributed by atoms with Crippen molar-refractivity contribution in [1.29, 1.82) is 0 Å². The first-order valence-corrected chi connectivity index (χ1v) is 6.63. The highest BCUT2D eigenvalue weighted by Crippen LogP contribution is 2.19. The maximum Gasteiger partial charge on any atom is 0.0662 e. The summed E-state index contributed by atoms with van der Waals surface area (Å²) in [5, 5.41) is 12.9. The van der Waals surface area contributed by atoms with Crippen LogP contribution < -0.4 is 5.32 Å². The summed E-state index contributed by atoms with van der Waals surface area (Å²) in [6, 6.07) is 8.66. The van der Waals surface area contributed by atoms with Crippen molar-refractivity contribution in [2.24, 2.45) is 0 Å². The molecule has 0 spiro atoms. The fraction of sp³-hybridized carbons (Fsp3) is 0.538. The van der Waals surface area contributed by atoms with Crippen LogP contribution in [0.4, 0.5) is 0 Å². The Morgan fingerprint density at radius 2 is 1.81 bits per heavy atom. The van der Waals surface area contributed by atoms with Crippen molar-refractivity contribution in [3.05, 3.63) is 34.3 Å². The Balaban J connectivity index is 2.57. The van der Waals surface area contributed by atoms with Crippen molar-refractivity contribution < 1.29 is 5.11 Å². The van der Waals surface area contributed by atoms with Gasteiger partial charge in [0.25, 0.3) is 0 Å². The normalized spacial score (nSPS) is 14.8. The highest BCUT2D eigenvalue weighted by Gasteiger charge is 2.10. The molecule has 0 aliphatic heterocycles. The molecule has 0 bridgehead atoms. The van der Waals surface area contributed by atoms with Crippen LogP contribution in [0.1, 0.15) is 38.3 Å². The van der Waals surface area contributed by atoms with Gasteiger partial charge in [-0.05, 0) is 30.5 Å². The van der Waals surface area contributed by atoms with E-state index in [4.69, 9.17) is 0 Å². The molecule has 1 aromatic rings. The molecule has 2 nitrogen and oxygen atoms in total. The summed E-state index contributed by atoms with van der Waals surface area (Å²) in [4.78, 5) is 0. The van der Waals surface area contributed by atoms with Crippen LogP contribution in [0.25, 0.3) is 0 Å². The fourth-order valence-electron chi connectivity index (χ4n) is 1.62. The van der Waals surface area contributed by atoms with Gasteiger partial charge in [-0.2, -0.15) is 0 Å². The number of hydrogen-bond donors (Lipinski definition) is 2. The van der Waals surface area contributed by atoms with Gasteiger partial charge >= 0.3 is 0 Å². The first-order chi connectivity index (χ1) is 7.67. The lowest BCUT2D eigenvalue weighted by Crippen LogP contribution is -2.29. The number of aliphatic hydroxyl groups is 1. The molecule has 0 saturated heterocycles. The van der Waals surface area contributed by atoms with Crippen LogP contribution in [0.2, 0.25) is 0 Å². The Kier molecular flexibility index (Phi) is 6.03. The summed E-state index contributed by atoms with van der Waals surface area (Å²) >= 11 is 3.43. The highest BCUT2D eigenvalue weighted by atomic mass is 79.9. The number of hydrogen-bond acceptors (Lipinski definition) is 2.